The fourth-order valence-corrected chi connectivity index (χ4v) is 1.72. The van der Waals surface area contributed by atoms with Crippen molar-refractivity contribution < 1.29 is 27.4 Å². The van der Waals surface area contributed by atoms with Crippen LogP contribution >= 0.6 is 0 Å². The van der Waals surface area contributed by atoms with Crippen molar-refractivity contribution in [2.24, 2.45) is 0 Å². The van der Waals surface area contributed by atoms with Crippen LogP contribution in [0.3, 0.4) is 0 Å². The van der Waals surface area contributed by atoms with Crippen molar-refractivity contribution in [1.82, 2.24) is 9.97 Å². The third-order valence-electron chi connectivity index (χ3n) is 2.54. The molecule has 0 atom stereocenters. The Kier molecular flexibility index (Phi) is 4.03. The summed E-state index contributed by atoms with van der Waals surface area (Å²) in [6, 6.07) is 3.30. The minimum absolute atomic E-state index is 0.251. The van der Waals surface area contributed by atoms with Crippen molar-refractivity contribution in [3.63, 3.8) is 0 Å². The molecule has 0 aliphatic carbocycles. The molecule has 8 heteroatoms. The number of hydrogen-bond donors (Lipinski definition) is 1. The minimum Gasteiger partial charge on any atom is -0.493 e. The van der Waals surface area contributed by atoms with E-state index in [1.807, 2.05) is 0 Å². The highest BCUT2D eigenvalue weighted by Gasteiger charge is 2.27. The molecule has 0 saturated heterocycles. The maximum absolute atomic E-state index is 12.0. The molecule has 5 nitrogen and oxygen atoms in total. The monoisotopic (exact) mass is 290 g/mol. The number of nitrogens with zero attached hydrogens (tertiary/aromatic N) is 1. The van der Waals surface area contributed by atoms with Crippen molar-refractivity contribution in [3.8, 4) is 11.5 Å². The molecule has 20 heavy (non-hydrogen) atoms. The quantitative estimate of drug-likeness (QED) is 0.919. The maximum Gasteiger partial charge on any atom is 0.411 e. The van der Waals surface area contributed by atoms with E-state index < -0.39 is 12.8 Å². The summed E-state index contributed by atoms with van der Waals surface area (Å²) < 4.78 is 50.7. The smallest absolute Gasteiger partial charge is 0.411 e. The Morgan fingerprint density at radius 1 is 1.15 bits per heavy atom. The van der Waals surface area contributed by atoms with Gasteiger partial charge in [-0.3, -0.25) is 0 Å². The number of halogens is 3. The molecule has 1 N–H and O–H groups in total. The van der Waals surface area contributed by atoms with Crippen molar-refractivity contribution >= 4 is 11.0 Å². The summed E-state index contributed by atoms with van der Waals surface area (Å²) in [4.78, 5) is 7.00. The zero-order valence-corrected chi connectivity index (χ0v) is 10.9. The van der Waals surface area contributed by atoms with E-state index in [9.17, 15) is 13.2 Å². The van der Waals surface area contributed by atoms with E-state index in [4.69, 9.17) is 9.47 Å². The van der Waals surface area contributed by atoms with E-state index in [1.165, 1.54) is 14.2 Å². The Morgan fingerprint density at radius 2 is 1.80 bits per heavy atom. The molecular formula is C12H13F3N2O3. The van der Waals surface area contributed by atoms with E-state index in [0.29, 0.717) is 28.4 Å². The molecule has 110 valence electrons. The van der Waals surface area contributed by atoms with Crippen LogP contribution in [-0.4, -0.2) is 37.0 Å². The third kappa shape index (κ3) is 3.32. The Hall–Kier alpha value is -1.96. The molecule has 0 aliphatic heterocycles. The van der Waals surface area contributed by atoms with Crippen LogP contribution in [0, 0.1) is 0 Å². The number of aromatic amines is 1. The number of alkyl halides is 3. The number of fused-ring (bicyclic) bond motifs is 1. The molecular weight excluding hydrogens is 277 g/mol. The predicted molar refractivity (Wildman–Crippen MR) is 64.9 cm³/mol. The Labute approximate surface area is 112 Å². The molecule has 0 radical (unpaired) electrons. The van der Waals surface area contributed by atoms with Crippen molar-refractivity contribution in [2.45, 2.75) is 12.8 Å². The summed E-state index contributed by atoms with van der Waals surface area (Å²) in [5, 5.41) is 0. The Balaban J connectivity index is 2.16. The number of hydrogen-bond acceptors (Lipinski definition) is 4. The molecule has 1 heterocycles. The first-order valence-corrected chi connectivity index (χ1v) is 5.68. The van der Waals surface area contributed by atoms with Crippen LogP contribution in [-0.2, 0) is 11.3 Å². The van der Waals surface area contributed by atoms with E-state index in [2.05, 4.69) is 14.7 Å². The SMILES string of the molecule is COc1cc2nc(COCC(F)(F)F)[nH]c2cc1OC. The molecule has 2 rings (SSSR count). The molecule has 0 spiro atoms. The fourth-order valence-electron chi connectivity index (χ4n) is 1.72. The Bertz CT molecular complexity index is 554. The van der Waals surface area contributed by atoms with Crippen LogP contribution in [0.2, 0.25) is 0 Å². The number of rotatable bonds is 5. The molecule has 0 fully saturated rings. The average Bonchev–Trinajstić information content (AvgIpc) is 2.76. The highest BCUT2D eigenvalue weighted by Crippen LogP contribution is 2.31. The van der Waals surface area contributed by atoms with Crippen LogP contribution in [0.4, 0.5) is 13.2 Å². The lowest BCUT2D eigenvalue weighted by Crippen LogP contribution is -2.16. The summed E-state index contributed by atoms with van der Waals surface area (Å²) >= 11 is 0. The van der Waals surface area contributed by atoms with E-state index in [0.717, 1.165) is 0 Å². The number of aromatic nitrogens is 2. The van der Waals surface area contributed by atoms with E-state index in [1.54, 1.807) is 12.1 Å². The molecule has 0 unspecified atom stereocenters. The molecule has 2 aromatic rings. The first-order valence-electron chi connectivity index (χ1n) is 5.68. The van der Waals surface area contributed by atoms with Crippen molar-refractivity contribution in [1.29, 1.82) is 0 Å². The first-order chi connectivity index (χ1) is 9.43. The highest BCUT2D eigenvalue weighted by atomic mass is 19.4. The zero-order chi connectivity index (χ0) is 14.8. The summed E-state index contributed by atoms with van der Waals surface area (Å²) in [5.74, 6) is 1.31. The summed E-state index contributed by atoms with van der Waals surface area (Å²) in [5.41, 5.74) is 1.20. The van der Waals surface area contributed by atoms with Gasteiger partial charge < -0.3 is 19.2 Å². The standard InChI is InChI=1S/C12H13F3N2O3/c1-18-9-3-7-8(4-10(9)19-2)17-11(16-7)5-20-6-12(13,14)15/h3-4H,5-6H2,1-2H3,(H,16,17). The molecule has 1 aromatic carbocycles. The van der Waals surface area contributed by atoms with Gasteiger partial charge in [0.1, 0.15) is 19.0 Å². The van der Waals surface area contributed by atoms with Crippen LogP contribution in [0.5, 0.6) is 11.5 Å². The summed E-state index contributed by atoms with van der Waals surface area (Å²) in [6.07, 6.45) is -4.35. The normalized spacial score (nSPS) is 11.8. The second-order valence-corrected chi connectivity index (χ2v) is 4.02. The zero-order valence-electron chi connectivity index (χ0n) is 10.9. The number of imidazole rings is 1. The van der Waals surface area contributed by atoms with Crippen LogP contribution in [0.15, 0.2) is 12.1 Å². The number of methoxy groups -OCH3 is 2. The number of ether oxygens (including phenoxy) is 3. The van der Waals surface area contributed by atoms with Crippen LogP contribution < -0.4 is 9.47 Å². The molecule has 0 saturated carbocycles. The molecule has 0 bridgehead atoms. The maximum atomic E-state index is 12.0. The van der Waals surface area contributed by atoms with Gasteiger partial charge in [0.25, 0.3) is 0 Å². The average molecular weight is 290 g/mol. The van der Waals surface area contributed by atoms with E-state index in [-0.39, 0.29) is 6.61 Å². The van der Waals surface area contributed by atoms with Gasteiger partial charge in [0.05, 0.1) is 25.3 Å². The van der Waals surface area contributed by atoms with Gasteiger partial charge in [0.2, 0.25) is 0 Å². The number of nitrogens with one attached hydrogen (secondary N) is 1. The lowest BCUT2D eigenvalue weighted by Gasteiger charge is -2.06. The Morgan fingerprint density at radius 3 is 2.40 bits per heavy atom. The largest absolute Gasteiger partial charge is 0.493 e. The van der Waals surface area contributed by atoms with E-state index >= 15 is 0 Å². The van der Waals surface area contributed by atoms with Gasteiger partial charge in [0, 0.05) is 12.1 Å². The predicted octanol–water partition coefficient (Wildman–Crippen LogP) is 2.66. The van der Waals surface area contributed by atoms with Gasteiger partial charge in [-0.1, -0.05) is 0 Å². The second-order valence-electron chi connectivity index (χ2n) is 4.02. The number of benzene rings is 1. The van der Waals surface area contributed by atoms with Gasteiger partial charge in [0.15, 0.2) is 11.5 Å². The molecule has 0 amide bonds. The second kappa shape index (κ2) is 5.58. The minimum atomic E-state index is -4.35. The highest BCUT2D eigenvalue weighted by molar-refractivity contribution is 5.79. The van der Waals surface area contributed by atoms with Gasteiger partial charge in [-0.25, -0.2) is 4.98 Å². The molecule has 1 aromatic heterocycles. The molecule has 0 aliphatic rings. The van der Waals surface area contributed by atoms with Gasteiger partial charge >= 0.3 is 6.18 Å². The van der Waals surface area contributed by atoms with Gasteiger partial charge in [-0.15, -0.1) is 0 Å². The number of H-pyrrole nitrogens is 1. The summed E-state index contributed by atoms with van der Waals surface area (Å²) in [6.45, 7) is -1.56. The lowest BCUT2D eigenvalue weighted by molar-refractivity contribution is -0.177. The summed E-state index contributed by atoms with van der Waals surface area (Å²) in [7, 11) is 2.98. The van der Waals surface area contributed by atoms with Crippen molar-refractivity contribution in [3.05, 3.63) is 18.0 Å². The van der Waals surface area contributed by atoms with Gasteiger partial charge in [-0.05, 0) is 0 Å². The lowest BCUT2D eigenvalue weighted by atomic mass is 10.3. The third-order valence-corrected chi connectivity index (χ3v) is 2.54. The van der Waals surface area contributed by atoms with Gasteiger partial charge in [-0.2, -0.15) is 13.2 Å². The van der Waals surface area contributed by atoms with Crippen LogP contribution in [0.1, 0.15) is 5.82 Å². The fraction of sp³-hybridized carbons (Fsp3) is 0.417. The van der Waals surface area contributed by atoms with Crippen LogP contribution in [0.25, 0.3) is 11.0 Å². The van der Waals surface area contributed by atoms with Crippen molar-refractivity contribution in [2.75, 3.05) is 20.8 Å². The topological polar surface area (TPSA) is 56.4 Å². The first kappa shape index (κ1) is 14.4.